The lowest BCUT2D eigenvalue weighted by molar-refractivity contribution is 0.868. The van der Waals surface area contributed by atoms with Crippen molar-refractivity contribution < 1.29 is 0 Å². The molecule has 0 aliphatic carbocycles. The molecule has 1 aliphatic heterocycles. The van der Waals surface area contributed by atoms with E-state index < -0.39 is 0 Å². The number of fused-ring (bicyclic) bond motifs is 2. The average Bonchev–Trinajstić information content (AvgIpc) is 3.10. The van der Waals surface area contributed by atoms with Crippen LogP contribution < -0.4 is 4.90 Å². The normalized spacial score (nSPS) is 13.9. The molecule has 0 atom stereocenters. The molecule has 3 nitrogen and oxygen atoms in total. The summed E-state index contributed by atoms with van der Waals surface area (Å²) < 4.78 is 0. The van der Waals surface area contributed by atoms with E-state index in [2.05, 4.69) is 46.1 Å². The van der Waals surface area contributed by atoms with Crippen molar-refractivity contribution in [2.24, 2.45) is 0 Å². The zero-order chi connectivity index (χ0) is 13.5. The molecule has 2 aromatic carbocycles. The van der Waals surface area contributed by atoms with Gasteiger partial charge in [-0.3, -0.25) is 0 Å². The molecular formula is C17H17N3. The second kappa shape index (κ2) is 4.37. The highest BCUT2D eigenvalue weighted by molar-refractivity contribution is 5.80. The minimum absolute atomic E-state index is 0.962. The summed E-state index contributed by atoms with van der Waals surface area (Å²) in [4.78, 5) is 10.5. The second-order valence-corrected chi connectivity index (χ2v) is 5.28. The quantitative estimate of drug-likeness (QED) is 0.766. The molecule has 100 valence electrons. The van der Waals surface area contributed by atoms with Crippen LogP contribution in [0.3, 0.4) is 0 Å². The van der Waals surface area contributed by atoms with Crippen LogP contribution in [0.1, 0.15) is 12.5 Å². The summed E-state index contributed by atoms with van der Waals surface area (Å²) in [6, 6.07) is 14.8. The highest BCUT2D eigenvalue weighted by Crippen LogP contribution is 2.31. The maximum atomic E-state index is 4.68. The zero-order valence-electron chi connectivity index (χ0n) is 11.6. The van der Waals surface area contributed by atoms with E-state index in [1.165, 1.54) is 16.8 Å². The van der Waals surface area contributed by atoms with Crippen molar-refractivity contribution in [3.63, 3.8) is 0 Å². The number of aromatic nitrogens is 2. The second-order valence-electron chi connectivity index (χ2n) is 5.28. The van der Waals surface area contributed by atoms with Gasteiger partial charge in [-0.25, -0.2) is 4.98 Å². The molecule has 2 heterocycles. The molecule has 0 unspecified atom stereocenters. The van der Waals surface area contributed by atoms with Gasteiger partial charge >= 0.3 is 0 Å². The third-order valence-corrected chi connectivity index (χ3v) is 4.12. The van der Waals surface area contributed by atoms with Crippen LogP contribution in [0.25, 0.3) is 22.4 Å². The van der Waals surface area contributed by atoms with E-state index in [1.807, 2.05) is 18.2 Å². The molecule has 0 bridgehead atoms. The van der Waals surface area contributed by atoms with Crippen molar-refractivity contribution >= 4 is 16.7 Å². The van der Waals surface area contributed by atoms with Gasteiger partial charge in [0.15, 0.2) is 0 Å². The van der Waals surface area contributed by atoms with Crippen LogP contribution in [-0.4, -0.2) is 23.1 Å². The maximum absolute atomic E-state index is 4.68. The first-order chi connectivity index (χ1) is 9.85. The van der Waals surface area contributed by atoms with Crippen molar-refractivity contribution in [1.29, 1.82) is 0 Å². The molecule has 4 rings (SSSR count). The average molecular weight is 263 g/mol. The van der Waals surface area contributed by atoms with Gasteiger partial charge in [0.2, 0.25) is 0 Å². The Morgan fingerprint density at radius 3 is 2.95 bits per heavy atom. The van der Waals surface area contributed by atoms with Crippen LogP contribution in [0.2, 0.25) is 0 Å². The molecule has 0 spiro atoms. The molecule has 0 amide bonds. The van der Waals surface area contributed by atoms with Crippen molar-refractivity contribution in [3.05, 3.63) is 48.0 Å². The van der Waals surface area contributed by atoms with Crippen LogP contribution in [0.5, 0.6) is 0 Å². The maximum Gasteiger partial charge on any atom is 0.138 e. The van der Waals surface area contributed by atoms with Crippen LogP contribution in [0.4, 0.5) is 5.69 Å². The monoisotopic (exact) mass is 263 g/mol. The number of hydrogen-bond acceptors (Lipinski definition) is 2. The molecule has 0 fully saturated rings. The standard InChI is InChI=1S/C17H17N3/c1-2-20-10-9-12-11-13(7-8-16(12)20)17-18-14-5-3-4-6-15(14)19-17/h3-8,11H,2,9-10H2,1H3,(H,18,19). The summed E-state index contributed by atoms with van der Waals surface area (Å²) in [6.45, 7) is 4.43. The van der Waals surface area contributed by atoms with Crippen LogP contribution >= 0.6 is 0 Å². The Hall–Kier alpha value is -2.29. The number of nitrogens with one attached hydrogen (secondary N) is 1. The first-order valence-electron chi connectivity index (χ1n) is 7.18. The molecule has 0 saturated heterocycles. The van der Waals surface area contributed by atoms with E-state index in [0.29, 0.717) is 0 Å². The topological polar surface area (TPSA) is 31.9 Å². The molecule has 1 aliphatic rings. The van der Waals surface area contributed by atoms with Crippen molar-refractivity contribution in [2.45, 2.75) is 13.3 Å². The first kappa shape index (κ1) is 11.5. The van der Waals surface area contributed by atoms with E-state index >= 15 is 0 Å². The molecule has 1 N–H and O–H groups in total. The van der Waals surface area contributed by atoms with E-state index in [4.69, 9.17) is 0 Å². The number of anilines is 1. The number of para-hydroxylation sites is 2. The smallest absolute Gasteiger partial charge is 0.138 e. The minimum atomic E-state index is 0.962. The largest absolute Gasteiger partial charge is 0.371 e. The van der Waals surface area contributed by atoms with E-state index in [0.717, 1.165) is 36.4 Å². The van der Waals surface area contributed by atoms with Gasteiger partial charge in [0.05, 0.1) is 11.0 Å². The van der Waals surface area contributed by atoms with Gasteiger partial charge in [-0.05, 0) is 49.2 Å². The number of benzene rings is 2. The Bertz CT molecular complexity index is 740. The lowest BCUT2D eigenvalue weighted by Gasteiger charge is -2.16. The van der Waals surface area contributed by atoms with Gasteiger partial charge in [0.1, 0.15) is 5.82 Å². The van der Waals surface area contributed by atoms with E-state index in [-0.39, 0.29) is 0 Å². The van der Waals surface area contributed by atoms with Gasteiger partial charge in [-0.2, -0.15) is 0 Å². The lowest BCUT2D eigenvalue weighted by Crippen LogP contribution is -2.18. The van der Waals surface area contributed by atoms with E-state index in [9.17, 15) is 0 Å². The van der Waals surface area contributed by atoms with Crippen LogP contribution in [0.15, 0.2) is 42.5 Å². The number of nitrogens with zero attached hydrogens (tertiary/aromatic N) is 2. The van der Waals surface area contributed by atoms with Gasteiger partial charge in [0.25, 0.3) is 0 Å². The predicted molar refractivity (Wildman–Crippen MR) is 83.1 cm³/mol. The Labute approximate surface area is 118 Å². The predicted octanol–water partition coefficient (Wildman–Crippen LogP) is 3.61. The Morgan fingerprint density at radius 2 is 2.10 bits per heavy atom. The Kier molecular flexibility index (Phi) is 2.52. The number of hydrogen-bond donors (Lipinski definition) is 1. The molecule has 20 heavy (non-hydrogen) atoms. The summed E-state index contributed by atoms with van der Waals surface area (Å²) in [6.07, 6.45) is 1.14. The lowest BCUT2D eigenvalue weighted by atomic mass is 10.1. The van der Waals surface area contributed by atoms with Gasteiger partial charge in [0, 0.05) is 24.3 Å². The SMILES string of the molecule is CCN1CCc2cc(-c3nc4ccccc4[nH]3)ccc21. The number of imidazole rings is 1. The van der Waals surface area contributed by atoms with Crippen molar-refractivity contribution in [2.75, 3.05) is 18.0 Å². The summed E-state index contributed by atoms with van der Waals surface area (Å²) in [7, 11) is 0. The number of H-pyrrole nitrogens is 1. The fraction of sp³-hybridized carbons (Fsp3) is 0.235. The van der Waals surface area contributed by atoms with Gasteiger partial charge in [-0.1, -0.05) is 12.1 Å². The number of aromatic amines is 1. The van der Waals surface area contributed by atoms with Gasteiger partial charge < -0.3 is 9.88 Å². The van der Waals surface area contributed by atoms with Crippen LogP contribution in [0, 0.1) is 0 Å². The molecule has 0 radical (unpaired) electrons. The Morgan fingerprint density at radius 1 is 1.20 bits per heavy atom. The summed E-state index contributed by atoms with van der Waals surface area (Å²) in [5, 5.41) is 0. The minimum Gasteiger partial charge on any atom is -0.371 e. The highest BCUT2D eigenvalue weighted by Gasteiger charge is 2.18. The zero-order valence-corrected chi connectivity index (χ0v) is 11.6. The summed E-state index contributed by atoms with van der Waals surface area (Å²) in [5.74, 6) is 0.962. The molecule has 1 aromatic heterocycles. The third-order valence-electron chi connectivity index (χ3n) is 4.12. The number of likely N-dealkylation sites (N-methyl/N-ethyl adjacent to an activating group) is 1. The number of rotatable bonds is 2. The highest BCUT2D eigenvalue weighted by atomic mass is 15.1. The first-order valence-corrected chi connectivity index (χ1v) is 7.18. The molecule has 3 aromatic rings. The molecule has 3 heteroatoms. The van der Waals surface area contributed by atoms with Crippen molar-refractivity contribution in [1.82, 2.24) is 9.97 Å². The summed E-state index contributed by atoms with van der Waals surface area (Å²) in [5.41, 5.74) is 6.12. The fourth-order valence-corrected chi connectivity index (χ4v) is 3.04. The van der Waals surface area contributed by atoms with Gasteiger partial charge in [-0.15, -0.1) is 0 Å². The fourth-order valence-electron chi connectivity index (χ4n) is 3.04. The van der Waals surface area contributed by atoms with Crippen LogP contribution in [-0.2, 0) is 6.42 Å². The third kappa shape index (κ3) is 1.70. The Balaban J connectivity index is 1.79. The van der Waals surface area contributed by atoms with E-state index in [1.54, 1.807) is 0 Å². The summed E-state index contributed by atoms with van der Waals surface area (Å²) >= 11 is 0. The molecule has 0 saturated carbocycles. The van der Waals surface area contributed by atoms with Crippen molar-refractivity contribution in [3.8, 4) is 11.4 Å². The molecular weight excluding hydrogens is 246 g/mol.